The summed E-state index contributed by atoms with van der Waals surface area (Å²) in [5.74, 6) is 0.491. The molecule has 1 aliphatic rings. The summed E-state index contributed by atoms with van der Waals surface area (Å²) in [6, 6.07) is 8.48. The number of allylic oxidation sites excluding steroid dienone is 3. The monoisotopic (exact) mass is 274 g/mol. The highest BCUT2D eigenvalue weighted by molar-refractivity contribution is 5.64. The number of rotatable bonds is 0. The molecule has 2 rings (SSSR count). The van der Waals surface area contributed by atoms with E-state index in [1.807, 2.05) is 32.2 Å². The quantitative estimate of drug-likeness (QED) is 0.733. The molecule has 20 heavy (non-hydrogen) atoms. The van der Waals surface area contributed by atoms with Crippen molar-refractivity contribution in [3.8, 4) is 0 Å². The smallest absolute Gasteiger partial charge is 0.0264 e. The van der Waals surface area contributed by atoms with Crippen molar-refractivity contribution < 1.29 is 0 Å². The van der Waals surface area contributed by atoms with Gasteiger partial charge in [0.05, 0.1) is 0 Å². The number of nitrogens with zero attached hydrogens (tertiary/aromatic N) is 1. The van der Waals surface area contributed by atoms with Gasteiger partial charge in [0.2, 0.25) is 0 Å². The topological polar surface area (TPSA) is 38.4 Å². The van der Waals surface area contributed by atoms with Gasteiger partial charge in [0.1, 0.15) is 0 Å². The lowest BCUT2D eigenvalue weighted by Gasteiger charge is -1.90. The van der Waals surface area contributed by atoms with E-state index in [1.165, 1.54) is 18.2 Å². The van der Waals surface area contributed by atoms with E-state index in [-0.39, 0.29) is 0 Å². The minimum Gasteiger partial charge on any atom is -0.333 e. The van der Waals surface area contributed by atoms with Crippen molar-refractivity contribution in [2.24, 2.45) is 16.6 Å². The third kappa shape index (κ3) is 12.8. The fourth-order valence-corrected chi connectivity index (χ4v) is 1.21. The van der Waals surface area contributed by atoms with Crippen molar-refractivity contribution in [1.29, 1.82) is 0 Å². The third-order valence-corrected chi connectivity index (χ3v) is 2.24. The van der Waals surface area contributed by atoms with Crippen LogP contribution < -0.4 is 5.73 Å². The molecule has 1 aromatic carbocycles. The van der Waals surface area contributed by atoms with E-state index in [1.54, 1.807) is 6.20 Å². The minimum atomic E-state index is 0.491. The molecule has 0 fully saturated rings. The van der Waals surface area contributed by atoms with Gasteiger partial charge in [-0.1, -0.05) is 68.3 Å². The van der Waals surface area contributed by atoms with Crippen molar-refractivity contribution in [3.05, 3.63) is 59.8 Å². The fraction of sp³-hybridized carbons (Fsp3) is 0.389. The summed E-state index contributed by atoms with van der Waals surface area (Å²) in [6.45, 7) is 10.3. The lowest BCUT2D eigenvalue weighted by molar-refractivity contribution is 1.03. The van der Waals surface area contributed by atoms with E-state index in [0.29, 0.717) is 5.92 Å². The summed E-state index contributed by atoms with van der Waals surface area (Å²) in [6.07, 6.45) is 9.75. The average molecular weight is 274 g/mol. The normalized spacial score (nSPS) is 14.7. The Morgan fingerprint density at radius 3 is 1.80 bits per heavy atom. The summed E-state index contributed by atoms with van der Waals surface area (Å²) < 4.78 is 0. The Labute approximate surface area is 125 Å². The van der Waals surface area contributed by atoms with Gasteiger partial charge in [0.25, 0.3) is 0 Å². The maximum absolute atomic E-state index is 4.50. The molecule has 0 bridgehead atoms. The summed E-state index contributed by atoms with van der Waals surface area (Å²) >= 11 is 0. The Morgan fingerprint density at radius 2 is 1.35 bits per heavy atom. The zero-order valence-electron chi connectivity index (χ0n) is 13.8. The molecular weight excluding hydrogens is 244 g/mol. The van der Waals surface area contributed by atoms with Crippen LogP contribution in [0, 0.1) is 19.8 Å². The van der Waals surface area contributed by atoms with E-state index in [9.17, 15) is 0 Å². The van der Waals surface area contributed by atoms with Crippen LogP contribution in [0.25, 0.3) is 0 Å². The largest absolute Gasteiger partial charge is 0.333 e. The Hall–Kier alpha value is -1.67. The van der Waals surface area contributed by atoms with Crippen LogP contribution in [-0.4, -0.2) is 13.3 Å². The highest BCUT2D eigenvalue weighted by atomic mass is 14.7. The lowest BCUT2D eigenvalue weighted by Crippen LogP contribution is -1.86. The van der Waals surface area contributed by atoms with E-state index in [2.05, 4.69) is 61.8 Å². The van der Waals surface area contributed by atoms with Crippen molar-refractivity contribution in [3.63, 3.8) is 0 Å². The molecule has 0 amide bonds. The average Bonchev–Trinajstić information content (AvgIpc) is 2.75. The van der Waals surface area contributed by atoms with Gasteiger partial charge in [-0.3, -0.25) is 4.99 Å². The number of hydrogen-bond donors (Lipinski definition) is 1. The van der Waals surface area contributed by atoms with Crippen LogP contribution in [0.15, 0.2) is 53.7 Å². The predicted molar refractivity (Wildman–Crippen MR) is 93.3 cm³/mol. The van der Waals surface area contributed by atoms with E-state index in [4.69, 9.17) is 0 Å². The molecular formula is C18H30N2. The Bertz CT molecular complexity index is 349. The first-order valence-corrected chi connectivity index (χ1v) is 7.16. The Morgan fingerprint density at radius 1 is 0.900 bits per heavy atom. The molecule has 1 heterocycles. The second kappa shape index (κ2) is 15.4. The zero-order valence-corrected chi connectivity index (χ0v) is 13.8. The standard InChI is InChI=1S/C8H10.C7H9N.C2H6.CH5N/c1-7-3-5-8(2)6-4-7;1-7-4-2-3-5-8-6-7;2*1-2/h3-6H,1-2H3;2-7H,1H3;1-2H3;2H2,1H3. The predicted octanol–water partition coefficient (Wildman–Crippen LogP) is 4.68. The number of hydrogen-bond acceptors (Lipinski definition) is 2. The van der Waals surface area contributed by atoms with Gasteiger partial charge < -0.3 is 5.73 Å². The molecule has 2 nitrogen and oxygen atoms in total. The van der Waals surface area contributed by atoms with Gasteiger partial charge in [-0.05, 0) is 27.0 Å². The first-order chi connectivity index (χ1) is 9.68. The highest BCUT2D eigenvalue weighted by Crippen LogP contribution is 1.99. The molecule has 0 saturated carbocycles. The summed E-state index contributed by atoms with van der Waals surface area (Å²) in [7, 11) is 1.50. The van der Waals surface area contributed by atoms with Gasteiger partial charge >= 0.3 is 0 Å². The second-order valence-corrected chi connectivity index (χ2v) is 4.04. The summed E-state index contributed by atoms with van der Waals surface area (Å²) in [5, 5.41) is 0. The van der Waals surface area contributed by atoms with Crippen LogP contribution in [-0.2, 0) is 0 Å². The third-order valence-electron chi connectivity index (χ3n) is 2.24. The second-order valence-electron chi connectivity index (χ2n) is 4.04. The minimum absolute atomic E-state index is 0.491. The van der Waals surface area contributed by atoms with Gasteiger partial charge in [-0.2, -0.15) is 0 Å². The maximum atomic E-state index is 4.50. The maximum Gasteiger partial charge on any atom is 0.0264 e. The van der Waals surface area contributed by atoms with Crippen molar-refractivity contribution in [2.75, 3.05) is 7.05 Å². The molecule has 0 aliphatic carbocycles. The molecule has 1 unspecified atom stereocenters. The van der Waals surface area contributed by atoms with Gasteiger partial charge in [0, 0.05) is 18.3 Å². The lowest BCUT2D eigenvalue weighted by atomic mass is 10.2. The molecule has 2 N–H and O–H groups in total. The molecule has 0 radical (unpaired) electrons. The number of aliphatic imine (C=N–C) groups is 1. The van der Waals surface area contributed by atoms with Gasteiger partial charge in [-0.15, -0.1) is 0 Å². The van der Waals surface area contributed by atoms with E-state index in [0.717, 1.165) is 0 Å². The van der Waals surface area contributed by atoms with E-state index < -0.39 is 0 Å². The van der Waals surface area contributed by atoms with Crippen LogP contribution >= 0.6 is 0 Å². The fourth-order valence-electron chi connectivity index (χ4n) is 1.21. The first kappa shape index (κ1) is 20.6. The van der Waals surface area contributed by atoms with E-state index >= 15 is 0 Å². The van der Waals surface area contributed by atoms with Crippen LogP contribution in [0.3, 0.4) is 0 Å². The Balaban J connectivity index is 0. The molecule has 2 heteroatoms. The Kier molecular flexibility index (Phi) is 15.9. The highest BCUT2D eigenvalue weighted by Gasteiger charge is 1.88. The van der Waals surface area contributed by atoms with Gasteiger partial charge in [-0.25, -0.2) is 0 Å². The number of nitrogens with two attached hydrogens (primary N) is 1. The molecule has 112 valence electrons. The van der Waals surface area contributed by atoms with Crippen LogP contribution in [0.2, 0.25) is 0 Å². The van der Waals surface area contributed by atoms with Crippen LogP contribution in [0.4, 0.5) is 0 Å². The van der Waals surface area contributed by atoms with Gasteiger partial charge in [0.15, 0.2) is 0 Å². The molecule has 0 spiro atoms. The molecule has 1 atom stereocenters. The summed E-state index contributed by atoms with van der Waals surface area (Å²) in [4.78, 5) is 3.98. The number of aryl methyl sites for hydroxylation is 2. The summed E-state index contributed by atoms with van der Waals surface area (Å²) in [5.41, 5.74) is 7.16. The van der Waals surface area contributed by atoms with Crippen molar-refractivity contribution in [1.82, 2.24) is 0 Å². The molecule has 1 aromatic rings. The number of benzene rings is 1. The molecule has 0 aromatic heterocycles. The van der Waals surface area contributed by atoms with Crippen LogP contribution in [0.5, 0.6) is 0 Å². The molecule has 0 saturated heterocycles. The SMILES string of the molecule is CC.CC1C=CC=CN=C1.CN.Cc1ccc(C)cc1. The van der Waals surface area contributed by atoms with Crippen molar-refractivity contribution >= 4 is 6.21 Å². The first-order valence-electron chi connectivity index (χ1n) is 7.16. The molecule has 1 aliphatic heterocycles. The van der Waals surface area contributed by atoms with Crippen LogP contribution in [0.1, 0.15) is 31.9 Å². The zero-order chi connectivity index (χ0) is 15.8. The van der Waals surface area contributed by atoms with Crippen molar-refractivity contribution in [2.45, 2.75) is 34.6 Å².